The average Bonchev–Trinajstić information content (AvgIpc) is 3.09. The maximum Gasteiger partial charge on any atom is 0.321 e. The van der Waals surface area contributed by atoms with Gasteiger partial charge in [-0.1, -0.05) is 37.7 Å². The molecule has 0 saturated heterocycles. The van der Waals surface area contributed by atoms with Crippen LogP contribution in [0.3, 0.4) is 0 Å². The number of ether oxygens (including phenoxy) is 1. The fourth-order valence-electron chi connectivity index (χ4n) is 2.14. The number of urea groups is 1. The molecule has 0 unspecified atom stereocenters. The van der Waals surface area contributed by atoms with Gasteiger partial charge in [-0.25, -0.2) is 4.79 Å². The van der Waals surface area contributed by atoms with E-state index in [2.05, 4.69) is 40.0 Å². The molecule has 0 aliphatic carbocycles. The molecule has 0 fully saturated rings. The molecule has 0 aliphatic heterocycles. The fraction of sp³-hybridized carbons (Fsp3) is 0.471. The first kappa shape index (κ1) is 20.7. The number of thioether (sulfide) groups is 1. The summed E-state index contributed by atoms with van der Waals surface area (Å²) in [6.07, 6.45) is 0.852. The number of benzene rings is 1. The Kier molecular flexibility index (Phi) is 8.05. The zero-order valence-corrected chi connectivity index (χ0v) is 16.5. The molecular weight excluding hydrogens is 368 g/mol. The van der Waals surface area contributed by atoms with Crippen LogP contribution in [0.15, 0.2) is 29.4 Å². The van der Waals surface area contributed by atoms with Crippen molar-refractivity contribution >= 4 is 23.7 Å². The van der Waals surface area contributed by atoms with Gasteiger partial charge in [0, 0.05) is 6.54 Å². The monoisotopic (exact) mass is 392 g/mol. The summed E-state index contributed by atoms with van der Waals surface area (Å²) in [5.74, 6) is 0.710. The van der Waals surface area contributed by atoms with Gasteiger partial charge in [0.25, 0.3) is 0 Å². The number of carbonyl (C=O) groups excluding carboxylic acids is 2. The maximum atomic E-state index is 12.0. The predicted molar refractivity (Wildman–Crippen MR) is 102 cm³/mol. The minimum absolute atomic E-state index is 0.00871. The van der Waals surface area contributed by atoms with Gasteiger partial charge in [-0.3, -0.25) is 10.1 Å². The van der Waals surface area contributed by atoms with Crippen molar-refractivity contribution in [2.24, 2.45) is 5.92 Å². The highest BCUT2D eigenvalue weighted by atomic mass is 32.2. The maximum absolute atomic E-state index is 12.0. The van der Waals surface area contributed by atoms with E-state index in [1.165, 1.54) is 4.68 Å². The van der Waals surface area contributed by atoms with E-state index in [0.717, 1.165) is 18.2 Å². The van der Waals surface area contributed by atoms with E-state index >= 15 is 0 Å². The molecule has 1 aromatic heterocycles. The molecular formula is C17H24N6O3S. The Balaban J connectivity index is 1.92. The summed E-state index contributed by atoms with van der Waals surface area (Å²) in [5.41, 5.74) is 0.679. The Bertz CT molecular complexity index is 765. The second-order valence-electron chi connectivity index (χ2n) is 6.05. The molecule has 1 heterocycles. The van der Waals surface area contributed by atoms with E-state index in [1.54, 1.807) is 0 Å². The number of amides is 3. The van der Waals surface area contributed by atoms with Crippen LogP contribution in [-0.4, -0.2) is 51.1 Å². The highest BCUT2D eigenvalue weighted by Crippen LogP contribution is 2.25. The summed E-state index contributed by atoms with van der Waals surface area (Å²) in [5, 5.41) is 17.0. The Labute approximate surface area is 162 Å². The third kappa shape index (κ3) is 6.55. The predicted octanol–water partition coefficient (Wildman–Crippen LogP) is 2.02. The number of rotatable bonds is 9. The number of hydrogen-bond acceptors (Lipinski definition) is 7. The Hall–Kier alpha value is -2.62. The minimum atomic E-state index is -0.498. The third-order valence-corrected chi connectivity index (χ3v) is 4.35. The minimum Gasteiger partial charge on any atom is -0.492 e. The first-order valence-corrected chi connectivity index (χ1v) is 9.70. The molecule has 0 atom stereocenters. The van der Waals surface area contributed by atoms with E-state index < -0.39 is 11.9 Å². The molecule has 2 N–H and O–H groups in total. The van der Waals surface area contributed by atoms with Gasteiger partial charge in [0.2, 0.25) is 11.1 Å². The molecule has 2 rings (SSSR count). The van der Waals surface area contributed by atoms with Gasteiger partial charge in [0.1, 0.15) is 11.4 Å². The topological polar surface area (TPSA) is 111 Å². The molecule has 0 bridgehead atoms. The standard InChI is InChI=1S/C17H24N6O3S/c1-4-26-14-8-6-5-7-13(14)23-17(20-21-22-23)27-11-15(24)19-16(25)18-10-9-12(2)3/h5-8,12H,4,9-11H2,1-3H3,(H2,18,19,24,25). The smallest absolute Gasteiger partial charge is 0.321 e. The summed E-state index contributed by atoms with van der Waals surface area (Å²) in [7, 11) is 0. The van der Waals surface area contributed by atoms with E-state index in [1.807, 2.05) is 31.2 Å². The lowest BCUT2D eigenvalue weighted by atomic mass is 10.1. The van der Waals surface area contributed by atoms with Crippen LogP contribution in [0.5, 0.6) is 5.75 Å². The molecule has 0 radical (unpaired) electrons. The van der Waals surface area contributed by atoms with Crippen LogP contribution in [0.25, 0.3) is 5.69 Å². The van der Waals surface area contributed by atoms with Crippen molar-refractivity contribution in [2.45, 2.75) is 32.3 Å². The van der Waals surface area contributed by atoms with Crippen molar-refractivity contribution in [1.29, 1.82) is 0 Å². The van der Waals surface area contributed by atoms with Crippen molar-refractivity contribution in [3.05, 3.63) is 24.3 Å². The highest BCUT2D eigenvalue weighted by molar-refractivity contribution is 7.99. The summed E-state index contributed by atoms with van der Waals surface area (Å²) in [4.78, 5) is 23.7. The van der Waals surface area contributed by atoms with Crippen molar-refractivity contribution in [2.75, 3.05) is 18.9 Å². The first-order valence-electron chi connectivity index (χ1n) is 8.72. The van der Waals surface area contributed by atoms with Crippen LogP contribution >= 0.6 is 11.8 Å². The van der Waals surface area contributed by atoms with Crippen molar-refractivity contribution < 1.29 is 14.3 Å². The number of carbonyl (C=O) groups is 2. The lowest BCUT2D eigenvalue weighted by molar-refractivity contribution is -0.117. The zero-order valence-electron chi connectivity index (χ0n) is 15.6. The molecule has 146 valence electrons. The molecule has 10 heteroatoms. The van der Waals surface area contributed by atoms with Crippen LogP contribution in [0.1, 0.15) is 27.2 Å². The average molecular weight is 392 g/mol. The van der Waals surface area contributed by atoms with Crippen molar-refractivity contribution in [3.63, 3.8) is 0 Å². The number of tetrazole rings is 1. The number of para-hydroxylation sites is 2. The quantitative estimate of drug-likeness (QED) is 0.628. The molecule has 0 aliphatic rings. The molecule has 3 amide bonds. The molecule has 0 spiro atoms. The van der Waals surface area contributed by atoms with Crippen LogP contribution in [0, 0.1) is 5.92 Å². The molecule has 2 aromatic rings. The Morgan fingerprint density at radius 3 is 2.81 bits per heavy atom. The van der Waals surface area contributed by atoms with Crippen molar-refractivity contribution in [1.82, 2.24) is 30.8 Å². The normalized spacial score (nSPS) is 10.7. The van der Waals surface area contributed by atoms with Gasteiger partial charge in [-0.15, -0.1) is 5.10 Å². The van der Waals surface area contributed by atoms with Gasteiger partial charge in [-0.05, 0) is 41.8 Å². The van der Waals surface area contributed by atoms with Gasteiger partial charge >= 0.3 is 6.03 Å². The fourth-order valence-corrected chi connectivity index (χ4v) is 2.82. The number of nitrogens with one attached hydrogen (secondary N) is 2. The Morgan fingerprint density at radius 2 is 2.07 bits per heavy atom. The summed E-state index contributed by atoms with van der Waals surface area (Å²) in [6.45, 7) is 7.05. The molecule has 1 aromatic carbocycles. The molecule has 9 nitrogen and oxygen atoms in total. The number of imide groups is 1. The summed E-state index contributed by atoms with van der Waals surface area (Å²) < 4.78 is 7.10. The second kappa shape index (κ2) is 10.5. The lowest BCUT2D eigenvalue weighted by Crippen LogP contribution is -2.40. The molecule has 0 saturated carbocycles. The van der Waals surface area contributed by atoms with Crippen LogP contribution in [0.4, 0.5) is 4.79 Å². The highest BCUT2D eigenvalue weighted by Gasteiger charge is 2.15. The van der Waals surface area contributed by atoms with Crippen LogP contribution < -0.4 is 15.4 Å². The van der Waals surface area contributed by atoms with Crippen molar-refractivity contribution in [3.8, 4) is 11.4 Å². The van der Waals surface area contributed by atoms with Crippen LogP contribution in [0.2, 0.25) is 0 Å². The largest absolute Gasteiger partial charge is 0.492 e. The SMILES string of the molecule is CCOc1ccccc1-n1nnnc1SCC(=O)NC(=O)NCCC(C)C. The first-order chi connectivity index (χ1) is 13.0. The van der Waals surface area contributed by atoms with E-state index in [9.17, 15) is 9.59 Å². The third-order valence-electron chi connectivity index (χ3n) is 3.43. The van der Waals surface area contributed by atoms with E-state index in [-0.39, 0.29) is 5.75 Å². The lowest BCUT2D eigenvalue weighted by Gasteiger charge is -2.10. The van der Waals surface area contributed by atoms with Crippen LogP contribution in [-0.2, 0) is 4.79 Å². The number of aromatic nitrogens is 4. The molecule has 27 heavy (non-hydrogen) atoms. The number of nitrogens with zero attached hydrogens (tertiary/aromatic N) is 4. The summed E-state index contributed by atoms with van der Waals surface area (Å²) in [6, 6.07) is 6.86. The number of hydrogen-bond donors (Lipinski definition) is 2. The van der Waals surface area contributed by atoms with E-state index in [4.69, 9.17) is 4.74 Å². The second-order valence-corrected chi connectivity index (χ2v) is 6.99. The van der Waals surface area contributed by atoms with Gasteiger partial charge in [-0.2, -0.15) is 4.68 Å². The van der Waals surface area contributed by atoms with E-state index in [0.29, 0.717) is 35.7 Å². The van der Waals surface area contributed by atoms with Gasteiger partial charge in [0.05, 0.1) is 12.4 Å². The van der Waals surface area contributed by atoms with Gasteiger partial charge < -0.3 is 10.1 Å². The summed E-state index contributed by atoms with van der Waals surface area (Å²) >= 11 is 1.13. The zero-order chi connectivity index (χ0) is 19.6. The van der Waals surface area contributed by atoms with Gasteiger partial charge in [0.15, 0.2) is 0 Å². The Morgan fingerprint density at radius 1 is 1.30 bits per heavy atom.